The molecule has 0 fully saturated rings. The Hall–Kier alpha value is -0.810. The number of rotatable bonds is 3. The van der Waals surface area contributed by atoms with E-state index >= 15 is 0 Å². The van der Waals surface area contributed by atoms with Crippen molar-refractivity contribution in [1.82, 2.24) is 4.98 Å². The van der Waals surface area contributed by atoms with E-state index in [9.17, 15) is 8.42 Å². The number of aromatic nitrogens is 1. The Morgan fingerprint density at radius 1 is 1.54 bits per heavy atom. The van der Waals surface area contributed by atoms with Gasteiger partial charge in [-0.25, -0.2) is 8.42 Å². The number of hydrogen-bond donors (Lipinski definition) is 2. The minimum atomic E-state index is -3.43. The Morgan fingerprint density at radius 3 is 2.54 bits per heavy atom. The molecule has 0 bridgehead atoms. The Labute approximate surface area is 77.5 Å². The summed E-state index contributed by atoms with van der Waals surface area (Å²) in [5.41, 5.74) is 0. The third kappa shape index (κ3) is 1.62. The van der Waals surface area contributed by atoms with E-state index in [-0.39, 0.29) is 11.5 Å². The van der Waals surface area contributed by atoms with E-state index < -0.39 is 14.6 Å². The van der Waals surface area contributed by atoms with Gasteiger partial charge in [-0.3, -0.25) is 0 Å². The summed E-state index contributed by atoms with van der Waals surface area (Å²) in [4.78, 5) is 2.89. The number of hydrogen-bond acceptors (Lipinski definition) is 3. The first kappa shape index (κ1) is 10.3. The zero-order valence-corrected chi connectivity index (χ0v) is 8.43. The Balaban J connectivity index is 3.18. The fourth-order valence-electron chi connectivity index (χ4n) is 0.880. The highest BCUT2D eigenvalue weighted by molar-refractivity contribution is 7.92. The van der Waals surface area contributed by atoms with E-state index in [2.05, 4.69) is 4.98 Å². The number of nitrogens with one attached hydrogen (secondary N) is 1. The predicted octanol–water partition coefficient (Wildman–Crippen LogP) is 0.559. The van der Waals surface area contributed by atoms with Gasteiger partial charge in [0, 0.05) is 12.4 Å². The lowest BCUT2D eigenvalue weighted by atomic mass is 10.2. The van der Waals surface area contributed by atoms with E-state index in [1.165, 1.54) is 26.1 Å². The van der Waals surface area contributed by atoms with Crippen molar-refractivity contribution in [2.24, 2.45) is 0 Å². The maximum atomic E-state index is 11.8. The van der Waals surface area contributed by atoms with Gasteiger partial charge in [0.05, 0.1) is 16.2 Å². The number of sulfone groups is 1. The van der Waals surface area contributed by atoms with E-state index in [1.807, 2.05) is 0 Å². The van der Waals surface area contributed by atoms with Crippen LogP contribution in [0.15, 0.2) is 23.4 Å². The van der Waals surface area contributed by atoms with Crippen molar-refractivity contribution >= 4 is 9.84 Å². The average molecular weight is 203 g/mol. The summed E-state index contributed by atoms with van der Waals surface area (Å²) < 4.78 is 22.4. The summed E-state index contributed by atoms with van der Waals surface area (Å²) in [5.74, 6) is 0. The summed E-state index contributed by atoms with van der Waals surface area (Å²) in [5, 5.41) is 8.94. The molecule has 0 amide bonds. The molecule has 0 aliphatic rings. The highest BCUT2D eigenvalue weighted by Gasteiger charge is 2.35. The van der Waals surface area contributed by atoms with E-state index in [0.29, 0.717) is 0 Å². The second-order valence-electron chi connectivity index (χ2n) is 3.47. The molecule has 1 heterocycles. The van der Waals surface area contributed by atoms with Gasteiger partial charge < -0.3 is 10.1 Å². The summed E-state index contributed by atoms with van der Waals surface area (Å²) in [6, 6.07) is 1.48. The molecule has 1 rings (SSSR count). The van der Waals surface area contributed by atoms with Crippen molar-refractivity contribution < 1.29 is 13.5 Å². The fraction of sp³-hybridized carbons (Fsp3) is 0.500. The Bertz CT molecular complexity index is 364. The SMILES string of the molecule is CC(C)(CO)S(=O)(=O)c1cc[nH]c1. The van der Waals surface area contributed by atoms with Crippen LogP contribution in [0.4, 0.5) is 0 Å². The van der Waals surface area contributed by atoms with Crippen molar-refractivity contribution in [3.8, 4) is 0 Å². The van der Waals surface area contributed by atoms with Crippen LogP contribution in [0.5, 0.6) is 0 Å². The van der Waals surface area contributed by atoms with E-state index in [1.54, 1.807) is 6.20 Å². The molecule has 0 aromatic carbocycles. The number of aromatic amines is 1. The molecule has 74 valence electrons. The number of aliphatic hydroxyl groups is 1. The Kier molecular flexibility index (Phi) is 2.49. The smallest absolute Gasteiger partial charge is 0.187 e. The van der Waals surface area contributed by atoms with Crippen LogP contribution in [0.3, 0.4) is 0 Å². The van der Waals surface area contributed by atoms with Gasteiger partial charge in [0.2, 0.25) is 0 Å². The monoisotopic (exact) mass is 203 g/mol. The summed E-state index contributed by atoms with van der Waals surface area (Å²) in [7, 11) is -3.43. The highest BCUT2D eigenvalue weighted by Crippen LogP contribution is 2.23. The minimum absolute atomic E-state index is 0.214. The zero-order valence-electron chi connectivity index (χ0n) is 7.61. The quantitative estimate of drug-likeness (QED) is 0.754. The van der Waals surface area contributed by atoms with E-state index in [0.717, 1.165) is 0 Å². The van der Waals surface area contributed by atoms with Crippen molar-refractivity contribution in [2.75, 3.05) is 6.61 Å². The standard InChI is InChI=1S/C8H13NO3S/c1-8(2,6-10)13(11,12)7-3-4-9-5-7/h3-5,9-10H,6H2,1-2H3. The van der Waals surface area contributed by atoms with Crippen LogP contribution < -0.4 is 0 Å². The van der Waals surface area contributed by atoms with Gasteiger partial charge in [0.15, 0.2) is 9.84 Å². The van der Waals surface area contributed by atoms with Crippen LogP contribution in [-0.4, -0.2) is 29.9 Å². The third-order valence-corrected chi connectivity index (χ3v) is 4.45. The first-order valence-electron chi connectivity index (χ1n) is 3.90. The minimum Gasteiger partial charge on any atom is -0.395 e. The average Bonchev–Trinajstić information content (AvgIpc) is 2.56. The molecule has 0 radical (unpaired) electrons. The molecule has 0 saturated carbocycles. The first-order valence-corrected chi connectivity index (χ1v) is 5.38. The zero-order chi connectivity index (χ0) is 10.1. The fourth-order valence-corrected chi connectivity index (χ4v) is 2.16. The van der Waals surface area contributed by atoms with Gasteiger partial charge in [0.1, 0.15) is 0 Å². The normalized spacial score (nSPS) is 13.2. The van der Waals surface area contributed by atoms with Crippen LogP contribution in [0.1, 0.15) is 13.8 Å². The van der Waals surface area contributed by atoms with Crippen LogP contribution >= 0.6 is 0 Å². The van der Waals surface area contributed by atoms with Gasteiger partial charge in [-0.15, -0.1) is 0 Å². The first-order chi connectivity index (χ1) is 5.92. The van der Waals surface area contributed by atoms with Gasteiger partial charge in [-0.05, 0) is 19.9 Å². The number of aliphatic hydroxyl groups excluding tert-OH is 1. The predicted molar refractivity (Wildman–Crippen MR) is 49.1 cm³/mol. The molecular formula is C8H13NO3S. The van der Waals surface area contributed by atoms with Gasteiger partial charge >= 0.3 is 0 Å². The van der Waals surface area contributed by atoms with Crippen LogP contribution in [0.2, 0.25) is 0 Å². The molecule has 2 N–H and O–H groups in total. The molecule has 0 aliphatic heterocycles. The third-order valence-electron chi connectivity index (χ3n) is 1.99. The Morgan fingerprint density at radius 2 is 2.15 bits per heavy atom. The van der Waals surface area contributed by atoms with Gasteiger partial charge in [0.25, 0.3) is 0 Å². The van der Waals surface area contributed by atoms with E-state index in [4.69, 9.17) is 5.11 Å². The number of H-pyrrole nitrogens is 1. The lowest BCUT2D eigenvalue weighted by Crippen LogP contribution is -2.35. The molecule has 0 unspecified atom stereocenters. The van der Waals surface area contributed by atoms with Crippen molar-refractivity contribution in [3.05, 3.63) is 18.5 Å². The summed E-state index contributed by atoms with van der Waals surface area (Å²) in [6.07, 6.45) is 2.95. The summed E-state index contributed by atoms with van der Waals surface area (Å²) >= 11 is 0. The molecule has 0 spiro atoms. The molecule has 4 nitrogen and oxygen atoms in total. The van der Waals surface area contributed by atoms with Crippen molar-refractivity contribution in [2.45, 2.75) is 23.5 Å². The second kappa shape index (κ2) is 3.16. The van der Waals surface area contributed by atoms with Crippen molar-refractivity contribution in [1.29, 1.82) is 0 Å². The molecule has 13 heavy (non-hydrogen) atoms. The molecule has 0 atom stereocenters. The second-order valence-corrected chi connectivity index (χ2v) is 6.05. The molecule has 0 saturated heterocycles. The molecule has 1 aromatic heterocycles. The lowest BCUT2D eigenvalue weighted by molar-refractivity contribution is 0.258. The van der Waals surface area contributed by atoms with Crippen molar-refractivity contribution in [3.63, 3.8) is 0 Å². The highest BCUT2D eigenvalue weighted by atomic mass is 32.2. The lowest BCUT2D eigenvalue weighted by Gasteiger charge is -2.20. The van der Waals surface area contributed by atoms with Crippen LogP contribution in [0.25, 0.3) is 0 Å². The molecule has 5 heteroatoms. The largest absolute Gasteiger partial charge is 0.395 e. The molecule has 0 aliphatic carbocycles. The van der Waals surface area contributed by atoms with Gasteiger partial charge in [-0.2, -0.15) is 0 Å². The molecule has 1 aromatic rings. The van der Waals surface area contributed by atoms with Crippen LogP contribution in [0, 0.1) is 0 Å². The maximum absolute atomic E-state index is 11.8. The maximum Gasteiger partial charge on any atom is 0.187 e. The topological polar surface area (TPSA) is 70.2 Å². The van der Waals surface area contributed by atoms with Crippen LogP contribution in [-0.2, 0) is 9.84 Å². The molecular weight excluding hydrogens is 190 g/mol. The summed E-state index contributed by atoms with van der Waals surface area (Å²) in [6.45, 7) is 2.60. The van der Waals surface area contributed by atoms with Gasteiger partial charge in [-0.1, -0.05) is 0 Å².